The minimum atomic E-state index is -1.17. The highest BCUT2D eigenvalue weighted by atomic mass is 79.9. The van der Waals surface area contributed by atoms with Crippen LogP contribution in [0, 0.1) is 11.6 Å². The Bertz CT molecular complexity index is 664. The standard InChI is InChI=1S/C13H8BrF2NO3/c1-19-13(18)8-3-2-4-17-12(8)20-10-6-7(14)5-9(15)11(10)16/h2-6H,1H3. The second-order valence-corrected chi connectivity index (χ2v) is 4.57. The van der Waals surface area contributed by atoms with Crippen molar-refractivity contribution in [3.05, 3.63) is 52.1 Å². The summed E-state index contributed by atoms with van der Waals surface area (Å²) in [6.07, 6.45) is 1.36. The molecule has 7 heteroatoms. The molecule has 1 aromatic carbocycles. The van der Waals surface area contributed by atoms with Crippen LogP contribution in [-0.4, -0.2) is 18.1 Å². The van der Waals surface area contributed by atoms with Crippen LogP contribution in [-0.2, 0) is 4.74 Å². The minimum absolute atomic E-state index is 0.00906. The van der Waals surface area contributed by atoms with Gasteiger partial charge in [-0.2, -0.15) is 4.39 Å². The average Bonchev–Trinajstić information content (AvgIpc) is 2.44. The molecule has 0 amide bonds. The van der Waals surface area contributed by atoms with Crippen LogP contribution in [0.15, 0.2) is 34.9 Å². The molecule has 1 heterocycles. The van der Waals surface area contributed by atoms with Gasteiger partial charge in [0.25, 0.3) is 0 Å². The fraction of sp³-hybridized carbons (Fsp3) is 0.0769. The summed E-state index contributed by atoms with van der Waals surface area (Å²) in [6, 6.07) is 5.09. The first-order valence-electron chi connectivity index (χ1n) is 5.38. The molecule has 2 rings (SSSR count). The molecule has 0 radical (unpaired) electrons. The van der Waals surface area contributed by atoms with Gasteiger partial charge in [0.2, 0.25) is 11.7 Å². The van der Waals surface area contributed by atoms with Crippen molar-refractivity contribution < 1.29 is 23.0 Å². The van der Waals surface area contributed by atoms with Crippen molar-refractivity contribution in [2.45, 2.75) is 0 Å². The lowest BCUT2D eigenvalue weighted by atomic mass is 10.2. The summed E-state index contributed by atoms with van der Waals surface area (Å²) in [5, 5.41) is 0. The molecule has 1 aromatic heterocycles. The average molecular weight is 344 g/mol. The molecule has 104 valence electrons. The third-order valence-electron chi connectivity index (χ3n) is 2.34. The number of rotatable bonds is 3. The lowest BCUT2D eigenvalue weighted by molar-refractivity contribution is 0.0597. The van der Waals surface area contributed by atoms with E-state index in [-0.39, 0.29) is 17.2 Å². The zero-order valence-electron chi connectivity index (χ0n) is 10.2. The maximum atomic E-state index is 13.6. The first kappa shape index (κ1) is 14.4. The summed E-state index contributed by atoms with van der Waals surface area (Å²) in [5.41, 5.74) is 0.00906. The summed E-state index contributed by atoms with van der Waals surface area (Å²) in [4.78, 5) is 15.3. The quantitative estimate of drug-likeness (QED) is 0.629. The number of benzene rings is 1. The maximum absolute atomic E-state index is 13.6. The highest BCUT2D eigenvalue weighted by molar-refractivity contribution is 9.10. The number of halogens is 3. The van der Waals surface area contributed by atoms with E-state index in [0.717, 1.165) is 6.07 Å². The topological polar surface area (TPSA) is 48.4 Å². The van der Waals surface area contributed by atoms with Crippen LogP contribution in [0.5, 0.6) is 11.6 Å². The first-order valence-corrected chi connectivity index (χ1v) is 6.18. The van der Waals surface area contributed by atoms with Gasteiger partial charge in [-0.1, -0.05) is 15.9 Å². The Balaban J connectivity index is 2.43. The zero-order valence-corrected chi connectivity index (χ0v) is 11.8. The van der Waals surface area contributed by atoms with Gasteiger partial charge in [0.1, 0.15) is 5.56 Å². The molecule has 0 bridgehead atoms. The normalized spacial score (nSPS) is 10.2. The van der Waals surface area contributed by atoms with Gasteiger partial charge in [-0.25, -0.2) is 14.2 Å². The van der Waals surface area contributed by atoms with Gasteiger partial charge < -0.3 is 9.47 Å². The van der Waals surface area contributed by atoms with Crippen LogP contribution < -0.4 is 4.74 Å². The number of hydrogen-bond donors (Lipinski definition) is 0. The number of esters is 1. The van der Waals surface area contributed by atoms with Crippen LogP contribution in [0.2, 0.25) is 0 Å². The smallest absolute Gasteiger partial charge is 0.343 e. The number of carbonyl (C=O) groups is 1. The molecule has 0 saturated carbocycles. The molecule has 0 aliphatic carbocycles. The Kier molecular flexibility index (Phi) is 4.29. The Morgan fingerprint density at radius 2 is 2.10 bits per heavy atom. The van der Waals surface area contributed by atoms with Crippen molar-refractivity contribution in [1.29, 1.82) is 0 Å². The largest absolute Gasteiger partial charge is 0.465 e. The monoisotopic (exact) mass is 343 g/mol. The molecule has 0 atom stereocenters. The van der Waals surface area contributed by atoms with E-state index >= 15 is 0 Å². The first-order chi connectivity index (χ1) is 9.52. The van der Waals surface area contributed by atoms with Crippen LogP contribution in [0.4, 0.5) is 8.78 Å². The van der Waals surface area contributed by atoms with Crippen LogP contribution in [0.3, 0.4) is 0 Å². The molecular formula is C13H8BrF2NO3. The third-order valence-corrected chi connectivity index (χ3v) is 2.80. The molecule has 2 aromatic rings. The molecule has 0 N–H and O–H groups in total. The van der Waals surface area contributed by atoms with Crippen LogP contribution in [0.25, 0.3) is 0 Å². The number of hydrogen-bond acceptors (Lipinski definition) is 4. The van der Waals surface area contributed by atoms with E-state index in [2.05, 4.69) is 25.7 Å². The molecule has 0 aliphatic rings. The van der Waals surface area contributed by atoms with Gasteiger partial charge in [-0.3, -0.25) is 0 Å². The lowest BCUT2D eigenvalue weighted by Gasteiger charge is -2.09. The van der Waals surface area contributed by atoms with Crippen LogP contribution in [0.1, 0.15) is 10.4 Å². The lowest BCUT2D eigenvalue weighted by Crippen LogP contribution is -2.05. The number of methoxy groups -OCH3 is 1. The molecule has 0 unspecified atom stereocenters. The number of nitrogens with zero attached hydrogens (tertiary/aromatic N) is 1. The van der Waals surface area contributed by atoms with E-state index in [1.54, 1.807) is 0 Å². The molecule has 0 saturated heterocycles. The fourth-order valence-corrected chi connectivity index (χ4v) is 1.86. The summed E-state index contributed by atoms with van der Waals surface area (Å²) in [7, 11) is 1.19. The van der Waals surface area contributed by atoms with Gasteiger partial charge in [-0.05, 0) is 24.3 Å². The van der Waals surface area contributed by atoms with Crippen LogP contribution >= 0.6 is 15.9 Å². The van der Waals surface area contributed by atoms with Gasteiger partial charge in [0, 0.05) is 10.7 Å². The number of carbonyl (C=O) groups excluding carboxylic acids is 1. The van der Waals surface area contributed by atoms with Crippen molar-refractivity contribution in [3.8, 4) is 11.6 Å². The second-order valence-electron chi connectivity index (χ2n) is 3.65. The predicted octanol–water partition coefficient (Wildman–Crippen LogP) is 3.70. The maximum Gasteiger partial charge on any atom is 0.343 e. The van der Waals surface area contributed by atoms with E-state index in [9.17, 15) is 13.6 Å². The van der Waals surface area contributed by atoms with Crippen molar-refractivity contribution in [1.82, 2.24) is 4.98 Å². The van der Waals surface area contributed by atoms with Gasteiger partial charge in [-0.15, -0.1) is 0 Å². The third kappa shape index (κ3) is 2.93. The molecule has 0 aliphatic heterocycles. The Morgan fingerprint density at radius 1 is 1.35 bits per heavy atom. The highest BCUT2D eigenvalue weighted by Crippen LogP contribution is 2.30. The Hall–Kier alpha value is -2.02. The van der Waals surface area contributed by atoms with E-state index in [1.165, 1.54) is 31.5 Å². The van der Waals surface area contributed by atoms with Crippen molar-refractivity contribution >= 4 is 21.9 Å². The molecular weight excluding hydrogens is 336 g/mol. The molecule has 20 heavy (non-hydrogen) atoms. The highest BCUT2D eigenvalue weighted by Gasteiger charge is 2.18. The van der Waals surface area contributed by atoms with Gasteiger partial charge >= 0.3 is 5.97 Å². The van der Waals surface area contributed by atoms with E-state index in [4.69, 9.17) is 4.74 Å². The number of ether oxygens (including phenoxy) is 2. The summed E-state index contributed by atoms with van der Waals surface area (Å²) in [6.45, 7) is 0. The number of pyridine rings is 1. The summed E-state index contributed by atoms with van der Waals surface area (Å²) in [5.74, 6) is -3.50. The second kappa shape index (κ2) is 5.96. The predicted molar refractivity (Wildman–Crippen MR) is 69.7 cm³/mol. The summed E-state index contributed by atoms with van der Waals surface area (Å²) < 4.78 is 36.9. The van der Waals surface area contributed by atoms with E-state index < -0.39 is 17.6 Å². The van der Waals surface area contributed by atoms with E-state index in [1.807, 2.05) is 0 Å². The zero-order chi connectivity index (χ0) is 14.7. The molecule has 0 fully saturated rings. The fourth-order valence-electron chi connectivity index (χ4n) is 1.45. The SMILES string of the molecule is COC(=O)c1cccnc1Oc1cc(Br)cc(F)c1F. The minimum Gasteiger partial charge on any atom is -0.465 e. The van der Waals surface area contributed by atoms with Crippen molar-refractivity contribution in [3.63, 3.8) is 0 Å². The Morgan fingerprint density at radius 3 is 2.80 bits per heavy atom. The van der Waals surface area contributed by atoms with Crippen molar-refractivity contribution in [2.75, 3.05) is 7.11 Å². The Labute approximate surface area is 121 Å². The molecule has 0 spiro atoms. The number of aromatic nitrogens is 1. The van der Waals surface area contributed by atoms with E-state index in [0.29, 0.717) is 4.47 Å². The van der Waals surface area contributed by atoms with Gasteiger partial charge in [0.05, 0.1) is 7.11 Å². The molecule has 4 nitrogen and oxygen atoms in total. The summed E-state index contributed by atoms with van der Waals surface area (Å²) >= 11 is 3.02. The van der Waals surface area contributed by atoms with Crippen molar-refractivity contribution in [2.24, 2.45) is 0 Å². The van der Waals surface area contributed by atoms with Gasteiger partial charge in [0.15, 0.2) is 11.6 Å².